The van der Waals surface area contributed by atoms with Gasteiger partial charge >= 0.3 is 0 Å². The van der Waals surface area contributed by atoms with E-state index in [9.17, 15) is 4.79 Å². The monoisotopic (exact) mass is 359 g/mol. The number of hydrogen-bond acceptors (Lipinski definition) is 4. The molecular formula is C22H21N3O2. The molecule has 1 aliphatic rings. The zero-order valence-electron chi connectivity index (χ0n) is 15.3. The quantitative estimate of drug-likeness (QED) is 0.749. The van der Waals surface area contributed by atoms with E-state index in [0.29, 0.717) is 23.2 Å². The standard InChI is InChI=1S/C22H21N3O2/c1-15-13-17-5-3-4-6-20(17)25(15)18-9-12-21(23-14-18)24-22(26)16-7-10-19(27-2)11-8-16/h3-12,14-15H,13H2,1-2H3,(H,23,24,26). The number of nitrogens with zero attached hydrogens (tertiary/aromatic N) is 2. The molecule has 1 amide bonds. The summed E-state index contributed by atoms with van der Waals surface area (Å²) in [6, 6.07) is 19.6. The molecule has 27 heavy (non-hydrogen) atoms. The van der Waals surface area contributed by atoms with Crippen molar-refractivity contribution in [2.24, 2.45) is 0 Å². The van der Waals surface area contributed by atoms with Crippen LogP contribution in [0.2, 0.25) is 0 Å². The van der Waals surface area contributed by atoms with E-state index in [1.807, 2.05) is 18.3 Å². The van der Waals surface area contributed by atoms with E-state index in [-0.39, 0.29) is 5.91 Å². The van der Waals surface area contributed by atoms with Gasteiger partial charge in [-0.25, -0.2) is 4.98 Å². The lowest BCUT2D eigenvalue weighted by atomic mass is 10.1. The van der Waals surface area contributed by atoms with Crippen molar-refractivity contribution in [2.75, 3.05) is 17.3 Å². The highest BCUT2D eigenvalue weighted by Gasteiger charge is 2.26. The Balaban J connectivity index is 1.50. The molecule has 0 fully saturated rings. The summed E-state index contributed by atoms with van der Waals surface area (Å²) >= 11 is 0. The minimum atomic E-state index is -0.196. The fourth-order valence-electron chi connectivity index (χ4n) is 3.49. The minimum absolute atomic E-state index is 0.196. The molecule has 3 aromatic rings. The zero-order valence-corrected chi connectivity index (χ0v) is 15.3. The Labute approximate surface area is 158 Å². The molecule has 1 unspecified atom stereocenters. The van der Waals surface area contributed by atoms with Crippen LogP contribution in [0.15, 0.2) is 66.9 Å². The molecule has 5 heteroatoms. The van der Waals surface area contributed by atoms with Crippen molar-refractivity contribution < 1.29 is 9.53 Å². The first kappa shape index (κ1) is 17.1. The minimum Gasteiger partial charge on any atom is -0.497 e. The van der Waals surface area contributed by atoms with Crippen molar-refractivity contribution in [1.29, 1.82) is 0 Å². The second-order valence-corrected chi connectivity index (χ2v) is 6.64. The summed E-state index contributed by atoms with van der Waals surface area (Å²) in [7, 11) is 1.60. The Morgan fingerprint density at radius 3 is 2.59 bits per heavy atom. The number of aromatic nitrogens is 1. The van der Waals surface area contributed by atoms with E-state index in [4.69, 9.17) is 4.74 Å². The van der Waals surface area contributed by atoms with Crippen molar-refractivity contribution in [3.8, 4) is 5.75 Å². The van der Waals surface area contributed by atoms with Crippen molar-refractivity contribution in [3.05, 3.63) is 78.0 Å². The number of ether oxygens (including phenoxy) is 1. The highest BCUT2D eigenvalue weighted by Crippen LogP contribution is 2.37. The summed E-state index contributed by atoms with van der Waals surface area (Å²) in [5, 5.41) is 2.83. The second-order valence-electron chi connectivity index (χ2n) is 6.64. The molecule has 1 aromatic heterocycles. The maximum atomic E-state index is 12.4. The largest absolute Gasteiger partial charge is 0.497 e. The molecule has 4 rings (SSSR count). The number of nitrogens with one attached hydrogen (secondary N) is 1. The Hall–Kier alpha value is -3.34. The first-order chi connectivity index (χ1) is 13.2. The van der Waals surface area contributed by atoms with Crippen LogP contribution in [0.4, 0.5) is 17.2 Å². The molecule has 2 heterocycles. The number of rotatable bonds is 4. The van der Waals surface area contributed by atoms with Crippen LogP contribution >= 0.6 is 0 Å². The molecule has 0 radical (unpaired) electrons. The zero-order chi connectivity index (χ0) is 18.8. The van der Waals surface area contributed by atoms with E-state index < -0.39 is 0 Å². The SMILES string of the molecule is COc1ccc(C(=O)Nc2ccc(N3c4ccccc4CC3C)cn2)cc1. The van der Waals surface area contributed by atoms with Gasteiger partial charge in [-0.3, -0.25) is 4.79 Å². The average Bonchev–Trinajstić information content (AvgIpc) is 3.04. The average molecular weight is 359 g/mol. The highest BCUT2D eigenvalue weighted by atomic mass is 16.5. The molecule has 0 spiro atoms. The summed E-state index contributed by atoms with van der Waals surface area (Å²) in [4.78, 5) is 19.1. The number of para-hydroxylation sites is 1. The van der Waals surface area contributed by atoms with Gasteiger partial charge in [0, 0.05) is 17.3 Å². The van der Waals surface area contributed by atoms with Gasteiger partial charge in [0.1, 0.15) is 11.6 Å². The molecule has 1 atom stereocenters. The van der Waals surface area contributed by atoms with E-state index >= 15 is 0 Å². The maximum Gasteiger partial charge on any atom is 0.256 e. The third-order valence-electron chi connectivity index (χ3n) is 4.83. The number of anilines is 3. The summed E-state index contributed by atoms with van der Waals surface area (Å²) in [6.07, 6.45) is 2.83. The molecule has 0 aliphatic carbocycles. The van der Waals surface area contributed by atoms with Crippen LogP contribution in [-0.4, -0.2) is 24.0 Å². The van der Waals surface area contributed by atoms with Gasteiger partial charge in [-0.2, -0.15) is 0 Å². The van der Waals surface area contributed by atoms with Crippen LogP contribution in [0, 0.1) is 0 Å². The third kappa shape index (κ3) is 3.36. The Morgan fingerprint density at radius 1 is 1.11 bits per heavy atom. The van der Waals surface area contributed by atoms with Gasteiger partial charge < -0.3 is 15.0 Å². The summed E-state index contributed by atoms with van der Waals surface area (Å²) in [6.45, 7) is 2.21. The van der Waals surface area contributed by atoms with Crippen LogP contribution in [0.3, 0.4) is 0 Å². The van der Waals surface area contributed by atoms with Crippen molar-refractivity contribution in [2.45, 2.75) is 19.4 Å². The van der Waals surface area contributed by atoms with Crippen LogP contribution in [0.25, 0.3) is 0 Å². The van der Waals surface area contributed by atoms with Crippen molar-refractivity contribution in [3.63, 3.8) is 0 Å². The van der Waals surface area contributed by atoms with Crippen molar-refractivity contribution in [1.82, 2.24) is 4.98 Å². The molecular weight excluding hydrogens is 338 g/mol. The van der Waals surface area contributed by atoms with E-state index in [1.54, 1.807) is 31.4 Å². The number of pyridine rings is 1. The highest BCUT2D eigenvalue weighted by molar-refractivity contribution is 6.03. The first-order valence-electron chi connectivity index (χ1n) is 8.94. The fourth-order valence-corrected chi connectivity index (χ4v) is 3.49. The van der Waals surface area contributed by atoms with E-state index in [2.05, 4.69) is 46.4 Å². The lowest BCUT2D eigenvalue weighted by Crippen LogP contribution is -2.24. The topological polar surface area (TPSA) is 54.5 Å². The molecule has 1 N–H and O–H groups in total. The van der Waals surface area contributed by atoms with Crippen molar-refractivity contribution >= 4 is 23.1 Å². The number of amides is 1. The predicted molar refractivity (Wildman–Crippen MR) is 107 cm³/mol. The smallest absolute Gasteiger partial charge is 0.256 e. The molecule has 0 saturated heterocycles. The lowest BCUT2D eigenvalue weighted by Gasteiger charge is -2.24. The van der Waals surface area contributed by atoms with E-state index in [0.717, 1.165) is 12.1 Å². The van der Waals surface area contributed by atoms with Gasteiger partial charge in [0.25, 0.3) is 5.91 Å². The van der Waals surface area contributed by atoms with Gasteiger partial charge in [0.2, 0.25) is 0 Å². The number of fused-ring (bicyclic) bond motifs is 1. The number of hydrogen-bond donors (Lipinski definition) is 1. The lowest BCUT2D eigenvalue weighted by molar-refractivity contribution is 0.102. The second kappa shape index (κ2) is 7.11. The molecule has 0 saturated carbocycles. The number of carbonyl (C=O) groups is 1. The summed E-state index contributed by atoms with van der Waals surface area (Å²) < 4.78 is 5.11. The summed E-state index contributed by atoms with van der Waals surface area (Å²) in [5.74, 6) is 1.05. The van der Waals surface area contributed by atoms with E-state index in [1.165, 1.54) is 11.3 Å². The van der Waals surface area contributed by atoms with Crippen LogP contribution < -0.4 is 15.0 Å². The Bertz CT molecular complexity index is 952. The normalized spacial score (nSPS) is 15.3. The van der Waals surface area contributed by atoms with Crippen LogP contribution in [-0.2, 0) is 6.42 Å². The van der Waals surface area contributed by atoms with Gasteiger partial charge in [0.15, 0.2) is 0 Å². The number of benzene rings is 2. The molecule has 2 aromatic carbocycles. The maximum absolute atomic E-state index is 12.4. The molecule has 0 bridgehead atoms. The van der Waals surface area contributed by atoms with Crippen LogP contribution in [0.1, 0.15) is 22.8 Å². The fraction of sp³-hybridized carbons (Fsp3) is 0.182. The first-order valence-corrected chi connectivity index (χ1v) is 8.94. The van der Waals surface area contributed by atoms with Gasteiger partial charge in [-0.05, 0) is 61.4 Å². The Kier molecular flexibility index (Phi) is 4.50. The van der Waals surface area contributed by atoms with Gasteiger partial charge in [0.05, 0.1) is 19.0 Å². The summed E-state index contributed by atoms with van der Waals surface area (Å²) in [5.41, 5.74) is 4.15. The molecule has 1 aliphatic heterocycles. The Morgan fingerprint density at radius 2 is 1.89 bits per heavy atom. The predicted octanol–water partition coefficient (Wildman–Crippen LogP) is 4.43. The van der Waals surface area contributed by atoms with Gasteiger partial charge in [-0.1, -0.05) is 18.2 Å². The molecule has 136 valence electrons. The van der Waals surface area contributed by atoms with Crippen LogP contribution in [0.5, 0.6) is 5.75 Å². The molecule has 5 nitrogen and oxygen atoms in total. The number of methoxy groups -OCH3 is 1. The van der Waals surface area contributed by atoms with Gasteiger partial charge in [-0.15, -0.1) is 0 Å². The third-order valence-corrected chi connectivity index (χ3v) is 4.83. The number of carbonyl (C=O) groups excluding carboxylic acids is 1.